The largest absolute Gasteiger partial charge is 0.485 e. The maximum atomic E-state index is 6.17. The monoisotopic (exact) mass is 394 g/mol. The predicted octanol–water partition coefficient (Wildman–Crippen LogP) is 4.17. The lowest BCUT2D eigenvalue weighted by Crippen LogP contribution is -2.49. The zero-order chi connectivity index (χ0) is 18.3. The molecule has 1 aromatic carbocycles. The predicted molar refractivity (Wildman–Crippen MR) is 104 cm³/mol. The Hall–Kier alpha value is -2.15. The van der Waals surface area contributed by atoms with Gasteiger partial charge in [0.2, 0.25) is 4.96 Å². The quantitative estimate of drug-likeness (QED) is 0.653. The minimum absolute atomic E-state index is 0.189. The lowest BCUT2D eigenvalue weighted by Gasteiger charge is -2.55. The van der Waals surface area contributed by atoms with Gasteiger partial charge in [-0.3, -0.25) is 0 Å². The molecule has 0 spiro atoms. The molecule has 1 atom stereocenters. The first-order valence-corrected chi connectivity index (χ1v) is 11.2. The minimum atomic E-state index is -0.189. The third kappa shape index (κ3) is 2.16. The van der Waals surface area contributed by atoms with Crippen LogP contribution in [-0.4, -0.2) is 26.4 Å². The molecule has 5 aliphatic rings. The first kappa shape index (κ1) is 15.7. The fourth-order valence-corrected chi connectivity index (χ4v) is 7.47. The van der Waals surface area contributed by atoms with Gasteiger partial charge in [-0.15, -0.1) is 10.2 Å². The van der Waals surface area contributed by atoms with Gasteiger partial charge in [-0.25, -0.2) is 0 Å². The number of hydrogen-bond acceptors (Lipinski definition) is 6. The second kappa shape index (κ2) is 5.47. The minimum Gasteiger partial charge on any atom is -0.485 e. The van der Waals surface area contributed by atoms with Crippen LogP contribution in [0.25, 0.3) is 4.96 Å². The van der Waals surface area contributed by atoms with Gasteiger partial charge in [0.15, 0.2) is 28.4 Å². The molecule has 3 heterocycles. The summed E-state index contributed by atoms with van der Waals surface area (Å²) in [6.45, 7) is 0.480. The summed E-state index contributed by atoms with van der Waals surface area (Å²) in [5, 5.41) is 15.0. The molecule has 0 saturated heterocycles. The van der Waals surface area contributed by atoms with Crippen LogP contribution in [0.1, 0.15) is 55.5 Å². The summed E-state index contributed by atoms with van der Waals surface area (Å²) in [4.78, 5) is 0.878. The molecule has 0 radical (unpaired) electrons. The third-order valence-electron chi connectivity index (χ3n) is 7.30. The van der Waals surface area contributed by atoms with Crippen LogP contribution in [0.15, 0.2) is 24.3 Å². The van der Waals surface area contributed by atoms with Gasteiger partial charge < -0.3 is 9.47 Å². The molecule has 2 aromatic heterocycles. The van der Waals surface area contributed by atoms with E-state index in [9.17, 15) is 0 Å². The van der Waals surface area contributed by atoms with Crippen LogP contribution < -0.4 is 9.47 Å². The molecule has 144 valence electrons. The van der Waals surface area contributed by atoms with Gasteiger partial charge in [0.05, 0.1) is 0 Å². The van der Waals surface area contributed by atoms with Crippen LogP contribution in [0.2, 0.25) is 0 Å². The Balaban J connectivity index is 1.26. The number of para-hydroxylation sites is 2. The van der Waals surface area contributed by atoms with Crippen molar-refractivity contribution in [2.45, 2.75) is 50.0 Å². The number of fused-ring (bicyclic) bond motifs is 2. The van der Waals surface area contributed by atoms with E-state index in [-0.39, 0.29) is 11.5 Å². The highest BCUT2D eigenvalue weighted by atomic mass is 32.1. The fraction of sp³-hybridized carbons (Fsp3) is 0.571. The summed E-state index contributed by atoms with van der Waals surface area (Å²) in [7, 11) is 0. The van der Waals surface area contributed by atoms with Crippen LogP contribution in [0.3, 0.4) is 0 Å². The summed E-state index contributed by atoms with van der Waals surface area (Å²) in [5.74, 6) is 5.32. The summed E-state index contributed by atoms with van der Waals surface area (Å²) >= 11 is 1.58. The number of ether oxygens (including phenoxy) is 2. The summed E-state index contributed by atoms with van der Waals surface area (Å²) in [5.41, 5.74) is 0.191. The topological polar surface area (TPSA) is 61.5 Å². The van der Waals surface area contributed by atoms with Crippen molar-refractivity contribution in [3.8, 4) is 11.5 Å². The van der Waals surface area contributed by atoms with Crippen molar-refractivity contribution in [1.82, 2.24) is 19.8 Å². The molecular weight excluding hydrogens is 372 g/mol. The number of nitrogens with zero attached hydrogens (tertiary/aromatic N) is 4. The Bertz CT molecular complexity index is 1040. The third-order valence-corrected chi connectivity index (χ3v) is 8.29. The van der Waals surface area contributed by atoms with Gasteiger partial charge >= 0.3 is 0 Å². The molecule has 28 heavy (non-hydrogen) atoms. The maximum absolute atomic E-state index is 6.17. The molecule has 4 saturated carbocycles. The molecule has 0 amide bonds. The number of aromatic nitrogens is 4. The number of benzene rings is 1. The Morgan fingerprint density at radius 1 is 0.964 bits per heavy atom. The molecule has 3 aromatic rings. The second-order valence-electron chi connectivity index (χ2n) is 9.22. The Morgan fingerprint density at radius 2 is 1.68 bits per heavy atom. The maximum Gasteiger partial charge on any atom is 0.234 e. The van der Waals surface area contributed by atoms with E-state index in [0.29, 0.717) is 6.61 Å². The molecule has 6 nitrogen and oxygen atoms in total. The lowest BCUT2D eigenvalue weighted by atomic mass is 9.49. The number of hydrogen-bond donors (Lipinski definition) is 0. The van der Waals surface area contributed by atoms with E-state index in [1.54, 1.807) is 11.3 Å². The lowest BCUT2D eigenvalue weighted by molar-refractivity contribution is -0.0103. The van der Waals surface area contributed by atoms with Crippen molar-refractivity contribution >= 4 is 16.3 Å². The number of rotatable bonds is 2. The van der Waals surface area contributed by atoms with Crippen molar-refractivity contribution in [3.05, 3.63) is 35.1 Å². The van der Waals surface area contributed by atoms with Crippen LogP contribution in [0.4, 0.5) is 0 Å². The average molecular weight is 395 g/mol. The standard InChI is InChI=1S/C21H22N4O2S/c1-2-4-16-15(3-1)26-11-17(27-16)18-24-25-19(22-23-20(25)28-18)21-8-12-5-13(9-21)7-14(6-12)10-21/h1-4,12-14,17H,5-11H2/t12?,13?,14?,17-,21?/m0/s1. The zero-order valence-corrected chi connectivity index (χ0v) is 16.4. The highest BCUT2D eigenvalue weighted by Crippen LogP contribution is 2.60. The Morgan fingerprint density at radius 3 is 2.43 bits per heavy atom. The van der Waals surface area contributed by atoms with Gasteiger partial charge in [-0.2, -0.15) is 9.61 Å². The van der Waals surface area contributed by atoms with E-state index < -0.39 is 0 Å². The van der Waals surface area contributed by atoms with Crippen molar-refractivity contribution in [3.63, 3.8) is 0 Å². The van der Waals surface area contributed by atoms with E-state index >= 15 is 0 Å². The van der Waals surface area contributed by atoms with Crippen LogP contribution in [0.5, 0.6) is 11.5 Å². The molecule has 4 aliphatic carbocycles. The Labute approximate surface area is 166 Å². The van der Waals surface area contributed by atoms with Crippen molar-refractivity contribution in [2.24, 2.45) is 17.8 Å². The van der Waals surface area contributed by atoms with E-state index in [4.69, 9.17) is 14.6 Å². The normalized spacial score (nSPS) is 35.6. The van der Waals surface area contributed by atoms with Crippen LogP contribution in [-0.2, 0) is 5.41 Å². The van der Waals surface area contributed by atoms with E-state index in [1.807, 2.05) is 28.8 Å². The molecular formula is C21H22N4O2S. The first-order valence-electron chi connectivity index (χ1n) is 10.4. The van der Waals surface area contributed by atoms with Crippen molar-refractivity contribution in [1.29, 1.82) is 0 Å². The SMILES string of the molecule is c1ccc2c(c1)OC[C@@H](c1nn3c(C45CC6CC(CC(C6)C4)C5)nnc3s1)O2. The second-order valence-corrected chi connectivity index (χ2v) is 10.2. The molecule has 0 N–H and O–H groups in total. The summed E-state index contributed by atoms with van der Waals surface area (Å²) < 4.78 is 14.1. The first-order chi connectivity index (χ1) is 13.8. The smallest absolute Gasteiger partial charge is 0.234 e. The molecule has 1 aliphatic heterocycles. The van der Waals surface area contributed by atoms with E-state index in [1.165, 1.54) is 38.5 Å². The van der Waals surface area contributed by atoms with E-state index in [0.717, 1.165) is 45.0 Å². The summed E-state index contributed by atoms with van der Waals surface area (Å²) in [6, 6.07) is 7.82. The van der Waals surface area contributed by atoms with Gasteiger partial charge in [-0.1, -0.05) is 23.5 Å². The fourth-order valence-electron chi connectivity index (χ4n) is 6.62. The van der Waals surface area contributed by atoms with Gasteiger partial charge in [0.25, 0.3) is 0 Å². The summed E-state index contributed by atoms with van der Waals surface area (Å²) in [6.07, 6.45) is 7.89. The molecule has 4 bridgehead atoms. The molecule has 8 rings (SSSR count). The van der Waals surface area contributed by atoms with Gasteiger partial charge in [0, 0.05) is 5.41 Å². The van der Waals surface area contributed by atoms with Gasteiger partial charge in [-0.05, 0) is 68.4 Å². The average Bonchev–Trinajstić information content (AvgIpc) is 3.27. The molecule has 7 heteroatoms. The van der Waals surface area contributed by atoms with Crippen molar-refractivity contribution in [2.75, 3.05) is 6.61 Å². The highest BCUT2D eigenvalue weighted by molar-refractivity contribution is 7.16. The van der Waals surface area contributed by atoms with Crippen LogP contribution in [0, 0.1) is 17.8 Å². The van der Waals surface area contributed by atoms with Gasteiger partial charge in [0.1, 0.15) is 6.61 Å². The Kier molecular flexibility index (Phi) is 3.07. The zero-order valence-electron chi connectivity index (χ0n) is 15.6. The molecule has 4 fully saturated rings. The van der Waals surface area contributed by atoms with Crippen LogP contribution >= 0.6 is 11.3 Å². The van der Waals surface area contributed by atoms with E-state index in [2.05, 4.69) is 10.2 Å². The highest BCUT2D eigenvalue weighted by Gasteiger charge is 2.54. The molecule has 0 unspecified atom stereocenters. The van der Waals surface area contributed by atoms with Crippen molar-refractivity contribution < 1.29 is 9.47 Å².